The van der Waals surface area contributed by atoms with E-state index >= 15 is 0 Å². The fraction of sp³-hybridized carbons (Fsp3) is 0. The summed E-state index contributed by atoms with van der Waals surface area (Å²) in [4.78, 5) is 8.26. The Bertz CT molecular complexity index is 541. The molecular formula is C10H6N2O2S. The molecule has 0 saturated carbocycles. The van der Waals surface area contributed by atoms with E-state index in [4.69, 9.17) is 8.83 Å². The van der Waals surface area contributed by atoms with Gasteiger partial charge in [-0.2, -0.15) is 0 Å². The second-order valence-corrected chi connectivity index (χ2v) is 3.75. The van der Waals surface area contributed by atoms with E-state index in [-0.39, 0.29) is 0 Å². The summed E-state index contributed by atoms with van der Waals surface area (Å²) in [6.07, 6.45) is 3.11. The van der Waals surface area contributed by atoms with E-state index in [0.29, 0.717) is 10.4 Å². The Morgan fingerprint density at radius 3 is 2.87 bits per heavy atom. The number of nitrogens with zero attached hydrogens (tertiary/aromatic N) is 2. The van der Waals surface area contributed by atoms with Crippen LogP contribution in [0.5, 0.6) is 0 Å². The molecule has 0 amide bonds. The highest BCUT2D eigenvalue weighted by Crippen LogP contribution is 2.28. The molecule has 4 nitrogen and oxygen atoms in total. The molecule has 0 N–H and O–H groups in total. The summed E-state index contributed by atoms with van der Waals surface area (Å²) in [7, 11) is 0. The van der Waals surface area contributed by atoms with Gasteiger partial charge in [-0.05, 0) is 12.1 Å². The van der Waals surface area contributed by atoms with Crippen molar-refractivity contribution in [3.8, 4) is 0 Å². The lowest BCUT2D eigenvalue weighted by Crippen LogP contribution is -1.70. The van der Waals surface area contributed by atoms with Gasteiger partial charge < -0.3 is 8.83 Å². The van der Waals surface area contributed by atoms with Crippen LogP contribution in [0.15, 0.2) is 56.0 Å². The van der Waals surface area contributed by atoms with Crippen molar-refractivity contribution < 1.29 is 8.83 Å². The van der Waals surface area contributed by atoms with E-state index in [2.05, 4.69) is 9.97 Å². The Hall–Kier alpha value is -1.75. The predicted octanol–water partition coefficient (Wildman–Crippen LogP) is 2.97. The molecule has 1 aromatic carbocycles. The number of benzene rings is 1. The highest BCUT2D eigenvalue weighted by Gasteiger charge is 2.09. The minimum atomic E-state index is 0.529. The van der Waals surface area contributed by atoms with E-state index in [1.807, 2.05) is 24.3 Å². The third kappa shape index (κ3) is 1.61. The molecule has 0 bridgehead atoms. The van der Waals surface area contributed by atoms with Gasteiger partial charge in [-0.1, -0.05) is 12.1 Å². The second-order valence-electron chi connectivity index (χ2n) is 2.85. The molecule has 2 aromatic heterocycles. The first-order chi connectivity index (χ1) is 7.42. The number of rotatable bonds is 2. The number of oxazole rings is 2. The first kappa shape index (κ1) is 8.55. The maximum Gasteiger partial charge on any atom is 0.266 e. The van der Waals surface area contributed by atoms with Gasteiger partial charge >= 0.3 is 0 Å². The first-order valence-corrected chi connectivity index (χ1v) is 5.16. The molecule has 0 unspecified atom stereocenters. The normalized spacial score (nSPS) is 10.9. The fourth-order valence-electron chi connectivity index (χ4n) is 1.23. The van der Waals surface area contributed by atoms with E-state index in [9.17, 15) is 0 Å². The zero-order valence-corrected chi connectivity index (χ0v) is 8.40. The molecule has 0 radical (unpaired) electrons. The van der Waals surface area contributed by atoms with Crippen molar-refractivity contribution in [3.63, 3.8) is 0 Å². The van der Waals surface area contributed by atoms with Crippen molar-refractivity contribution in [3.05, 3.63) is 36.7 Å². The number of aromatic nitrogens is 2. The number of fused-ring (bicyclic) bond motifs is 1. The van der Waals surface area contributed by atoms with Crippen LogP contribution in [-0.2, 0) is 0 Å². The molecular weight excluding hydrogens is 212 g/mol. The zero-order valence-electron chi connectivity index (χ0n) is 7.58. The molecule has 15 heavy (non-hydrogen) atoms. The summed E-state index contributed by atoms with van der Waals surface area (Å²) >= 11 is 1.26. The molecule has 3 aromatic rings. The number of hydrogen-bond acceptors (Lipinski definition) is 5. The van der Waals surface area contributed by atoms with Gasteiger partial charge in [0.2, 0.25) is 0 Å². The Balaban J connectivity index is 1.98. The highest BCUT2D eigenvalue weighted by molar-refractivity contribution is 7.98. The van der Waals surface area contributed by atoms with Gasteiger partial charge in [-0.25, -0.2) is 9.97 Å². The number of para-hydroxylation sites is 2. The Kier molecular flexibility index (Phi) is 1.96. The molecule has 0 fully saturated rings. The predicted molar refractivity (Wildman–Crippen MR) is 54.6 cm³/mol. The monoisotopic (exact) mass is 218 g/mol. The van der Waals surface area contributed by atoms with Crippen LogP contribution in [0.3, 0.4) is 0 Å². The van der Waals surface area contributed by atoms with Gasteiger partial charge in [0, 0.05) is 11.8 Å². The van der Waals surface area contributed by atoms with Gasteiger partial charge in [0.05, 0.1) is 6.20 Å². The quantitative estimate of drug-likeness (QED) is 0.661. The van der Waals surface area contributed by atoms with Crippen molar-refractivity contribution >= 4 is 22.9 Å². The summed E-state index contributed by atoms with van der Waals surface area (Å²) in [6.45, 7) is 0. The summed E-state index contributed by atoms with van der Waals surface area (Å²) in [6, 6.07) is 7.61. The van der Waals surface area contributed by atoms with Gasteiger partial charge in [0.15, 0.2) is 5.58 Å². The average molecular weight is 218 g/mol. The van der Waals surface area contributed by atoms with Gasteiger partial charge in [0.1, 0.15) is 11.8 Å². The van der Waals surface area contributed by atoms with E-state index in [0.717, 1.165) is 11.1 Å². The summed E-state index contributed by atoms with van der Waals surface area (Å²) in [5.41, 5.74) is 1.61. The molecule has 74 valence electrons. The van der Waals surface area contributed by atoms with Crippen molar-refractivity contribution in [2.75, 3.05) is 0 Å². The van der Waals surface area contributed by atoms with Crippen molar-refractivity contribution in [1.82, 2.24) is 9.97 Å². The highest BCUT2D eigenvalue weighted by atomic mass is 32.2. The van der Waals surface area contributed by atoms with Crippen LogP contribution in [0.1, 0.15) is 0 Å². The van der Waals surface area contributed by atoms with Crippen LogP contribution < -0.4 is 0 Å². The maximum atomic E-state index is 5.49. The zero-order chi connectivity index (χ0) is 10.1. The summed E-state index contributed by atoms with van der Waals surface area (Å²) in [5, 5.41) is 1.07. The third-order valence-corrected chi connectivity index (χ3v) is 2.58. The van der Waals surface area contributed by atoms with E-state index < -0.39 is 0 Å². The van der Waals surface area contributed by atoms with Gasteiger partial charge in [-0.15, -0.1) is 0 Å². The third-order valence-electron chi connectivity index (χ3n) is 1.86. The van der Waals surface area contributed by atoms with Crippen LogP contribution in [0.4, 0.5) is 0 Å². The molecule has 5 heteroatoms. The lowest BCUT2D eigenvalue weighted by molar-refractivity contribution is 0.443. The molecule has 0 aliphatic heterocycles. The topological polar surface area (TPSA) is 52.1 Å². The minimum absolute atomic E-state index is 0.529. The lowest BCUT2D eigenvalue weighted by atomic mass is 10.3. The molecule has 2 heterocycles. The Morgan fingerprint density at radius 1 is 1.13 bits per heavy atom. The molecule has 0 aliphatic carbocycles. The molecule has 0 spiro atoms. The van der Waals surface area contributed by atoms with Crippen molar-refractivity contribution in [2.45, 2.75) is 10.4 Å². The number of hydrogen-bond donors (Lipinski definition) is 0. The van der Waals surface area contributed by atoms with E-state index in [1.54, 1.807) is 6.20 Å². The average Bonchev–Trinajstić information content (AvgIpc) is 2.86. The summed E-state index contributed by atoms with van der Waals surface area (Å²) < 4.78 is 10.6. The van der Waals surface area contributed by atoms with Gasteiger partial charge in [-0.3, -0.25) is 0 Å². The molecule has 3 rings (SSSR count). The Labute approximate surface area is 89.3 Å². The van der Waals surface area contributed by atoms with Crippen LogP contribution in [0.2, 0.25) is 0 Å². The van der Waals surface area contributed by atoms with Crippen molar-refractivity contribution in [2.24, 2.45) is 0 Å². The minimum Gasteiger partial charge on any atom is -0.440 e. The molecule has 0 aliphatic rings. The molecule has 0 atom stereocenters. The largest absolute Gasteiger partial charge is 0.440 e. The van der Waals surface area contributed by atoms with Gasteiger partial charge in [0.25, 0.3) is 10.4 Å². The SMILES string of the molecule is c1ccc2oc(Sc3ncco3)nc2c1. The van der Waals surface area contributed by atoms with Crippen LogP contribution in [0, 0.1) is 0 Å². The summed E-state index contributed by atoms with van der Waals surface area (Å²) in [5.74, 6) is 0. The maximum absolute atomic E-state index is 5.49. The smallest absolute Gasteiger partial charge is 0.266 e. The Morgan fingerprint density at radius 2 is 2.07 bits per heavy atom. The van der Waals surface area contributed by atoms with Crippen LogP contribution >= 0.6 is 11.8 Å². The second kappa shape index (κ2) is 3.43. The standard InChI is InChI=1S/C10H6N2O2S/c1-2-4-8-7(3-1)12-10(14-8)15-9-11-5-6-13-9/h1-6H. The fourth-order valence-corrected chi connectivity index (χ4v) is 1.87. The lowest BCUT2D eigenvalue weighted by Gasteiger charge is -1.86. The first-order valence-electron chi connectivity index (χ1n) is 4.35. The van der Waals surface area contributed by atoms with Crippen molar-refractivity contribution in [1.29, 1.82) is 0 Å². The van der Waals surface area contributed by atoms with E-state index in [1.165, 1.54) is 18.0 Å². The molecule has 0 saturated heterocycles. The van der Waals surface area contributed by atoms with Crippen LogP contribution in [-0.4, -0.2) is 9.97 Å². The van der Waals surface area contributed by atoms with Crippen LogP contribution in [0.25, 0.3) is 11.1 Å².